The van der Waals surface area contributed by atoms with E-state index in [9.17, 15) is 18.5 Å². The third-order valence-corrected chi connectivity index (χ3v) is 5.52. The van der Waals surface area contributed by atoms with Crippen LogP contribution < -0.4 is 10.0 Å². The van der Waals surface area contributed by atoms with Gasteiger partial charge in [-0.3, -0.25) is 10.1 Å². The molecule has 0 spiro atoms. The van der Waals surface area contributed by atoms with E-state index in [1.165, 1.54) is 19.2 Å². The van der Waals surface area contributed by atoms with E-state index in [1.54, 1.807) is 18.0 Å². The Morgan fingerprint density at radius 3 is 2.75 bits per heavy atom. The zero-order valence-corrected chi connectivity index (χ0v) is 14.5. The second kappa shape index (κ2) is 8.18. The molecule has 2 aromatic rings. The molecule has 2 rings (SSSR count). The van der Waals surface area contributed by atoms with Gasteiger partial charge in [0.25, 0.3) is 5.69 Å². The summed E-state index contributed by atoms with van der Waals surface area (Å²) < 4.78 is 30.8. The fourth-order valence-electron chi connectivity index (χ4n) is 1.92. The van der Waals surface area contributed by atoms with E-state index in [2.05, 4.69) is 10.0 Å². The van der Waals surface area contributed by atoms with Crippen molar-refractivity contribution in [2.45, 2.75) is 10.6 Å². The number of nitro benzene ring substituents is 1. The van der Waals surface area contributed by atoms with Crippen LogP contribution in [0.25, 0.3) is 0 Å². The van der Waals surface area contributed by atoms with Crippen molar-refractivity contribution in [3.8, 4) is 0 Å². The molecule has 0 radical (unpaired) electrons. The molecule has 0 unspecified atom stereocenters. The largest absolute Gasteiger partial charge is 0.468 e. The maximum atomic E-state index is 11.7. The molecule has 24 heavy (non-hydrogen) atoms. The van der Waals surface area contributed by atoms with Crippen LogP contribution in [-0.2, 0) is 15.8 Å². The van der Waals surface area contributed by atoms with Crippen LogP contribution in [0.3, 0.4) is 0 Å². The smallest absolute Gasteiger partial charge is 0.293 e. The Bertz CT molecular complexity index is 791. The maximum Gasteiger partial charge on any atom is 0.293 e. The van der Waals surface area contributed by atoms with Gasteiger partial charge >= 0.3 is 0 Å². The quantitative estimate of drug-likeness (QED) is 0.395. The third-order valence-electron chi connectivity index (χ3n) is 3.13. The molecular formula is C14H17N3O5S2. The van der Waals surface area contributed by atoms with E-state index in [0.717, 1.165) is 17.6 Å². The lowest BCUT2D eigenvalue weighted by atomic mass is 10.2. The first-order valence-electron chi connectivity index (χ1n) is 7.00. The second-order valence-electron chi connectivity index (χ2n) is 4.70. The van der Waals surface area contributed by atoms with Crippen molar-refractivity contribution in [1.82, 2.24) is 4.72 Å². The lowest BCUT2D eigenvalue weighted by molar-refractivity contribution is -0.384. The molecule has 2 N–H and O–H groups in total. The number of nitrogens with one attached hydrogen (secondary N) is 2. The number of nitrogens with zero attached hydrogens (tertiary/aromatic N) is 1. The van der Waals surface area contributed by atoms with Gasteiger partial charge in [0.05, 0.1) is 21.8 Å². The molecular weight excluding hydrogens is 354 g/mol. The predicted octanol–water partition coefficient (Wildman–Crippen LogP) is 2.44. The summed E-state index contributed by atoms with van der Waals surface area (Å²) in [5, 5.41) is 14.1. The molecule has 0 amide bonds. The molecule has 0 fully saturated rings. The van der Waals surface area contributed by atoms with E-state index in [4.69, 9.17) is 4.42 Å². The van der Waals surface area contributed by atoms with Crippen molar-refractivity contribution in [1.29, 1.82) is 0 Å². The molecule has 0 aliphatic carbocycles. The zero-order chi connectivity index (χ0) is 17.6. The molecule has 130 valence electrons. The minimum absolute atomic E-state index is 0.144. The van der Waals surface area contributed by atoms with Gasteiger partial charge in [-0.05, 0) is 31.3 Å². The average Bonchev–Trinajstić information content (AvgIpc) is 3.07. The van der Waals surface area contributed by atoms with Crippen LogP contribution in [0.4, 0.5) is 11.4 Å². The number of furan rings is 1. The number of benzene rings is 1. The molecule has 0 aliphatic heterocycles. The average molecular weight is 371 g/mol. The first-order valence-corrected chi connectivity index (χ1v) is 9.64. The van der Waals surface area contributed by atoms with E-state index >= 15 is 0 Å². The second-order valence-corrected chi connectivity index (χ2v) is 7.69. The standard InChI is InChI=1S/C14H17N3O5S2/c1-15-24(20,21)12-4-5-13(14(9-12)17(18)19)16-6-8-23-10-11-3-2-7-22-11/h2-5,7,9,15-16H,6,8,10H2,1H3. The number of thioether (sulfide) groups is 1. The highest BCUT2D eigenvalue weighted by molar-refractivity contribution is 7.98. The third kappa shape index (κ3) is 4.73. The van der Waals surface area contributed by atoms with E-state index in [-0.39, 0.29) is 16.3 Å². The number of nitro groups is 1. The highest BCUT2D eigenvalue weighted by atomic mass is 32.2. The highest BCUT2D eigenvalue weighted by Gasteiger charge is 2.20. The summed E-state index contributed by atoms with van der Waals surface area (Å²) in [5.74, 6) is 2.30. The Kier molecular flexibility index (Phi) is 6.23. The summed E-state index contributed by atoms with van der Waals surface area (Å²) in [6.45, 7) is 0.504. The first kappa shape index (κ1) is 18.3. The Balaban J connectivity index is 1.97. The van der Waals surface area contributed by atoms with E-state index < -0.39 is 14.9 Å². The first-order chi connectivity index (χ1) is 11.4. The van der Waals surface area contributed by atoms with Crippen LogP contribution in [-0.4, -0.2) is 32.7 Å². The van der Waals surface area contributed by atoms with Crippen LogP contribution >= 0.6 is 11.8 Å². The minimum Gasteiger partial charge on any atom is -0.468 e. The van der Waals surface area contributed by atoms with Crippen molar-refractivity contribution >= 4 is 33.2 Å². The van der Waals surface area contributed by atoms with Gasteiger partial charge in [-0.25, -0.2) is 13.1 Å². The molecule has 10 heteroatoms. The summed E-state index contributed by atoms with van der Waals surface area (Å²) in [6, 6.07) is 7.48. The van der Waals surface area contributed by atoms with Gasteiger partial charge in [0, 0.05) is 18.4 Å². The van der Waals surface area contributed by atoms with Crippen molar-refractivity contribution in [2.24, 2.45) is 0 Å². The number of rotatable bonds is 9. The molecule has 0 bridgehead atoms. The maximum absolute atomic E-state index is 11.7. The fraction of sp³-hybridized carbons (Fsp3) is 0.286. The summed E-state index contributed by atoms with van der Waals surface area (Å²) in [4.78, 5) is 10.4. The van der Waals surface area contributed by atoms with E-state index in [1.807, 2.05) is 12.1 Å². The molecule has 0 saturated heterocycles. The van der Waals surface area contributed by atoms with Crippen LogP contribution in [0.2, 0.25) is 0 Å². The van der Waals surface area contributed by atoms with Crippen LogP contribution in [0.1, 0.15) is 5.76 Å². The number of hydrogen-bond acceptors (Lipinski definition) is 7. The lowest BCUT2D eigenvalue weighted by Crippen LogP contribution is -2.19. The van der Waals surface area contributed by atoms with Gasteiger partial charge in [-0.15, -0.1) is 0 Å². The normalized spacial score (nSPS) is 11.4. The molecule has 8 nitrogen and oxygen atoms in total. The number of anilines is 1. The molecule has 0 aliphatic rings. The number of hydrogen-bond donors (Lipinski definition) is 2. The summed E-state index contributed by atoms with van der Waals surface area (Å²) >= 11 is 1.62. The van der Waals surface area contributed by atoms with Crippen molar-refractivity contribution in [3.05, 3.63) is 52.5 Å². The zero-order valence-electron chi connectivity index (χ0n) is 12.9. The van der Waals surface area contributed by atoms with Crippen LogP contribution in [0.15, 0.2) is 45.9 Å². The molecule has 0 saturated carbocycles. The molecule has 0 atom stereocenters. The Labute approximate surface area is 143 Å². The summed E-state index contributed by atoms with van der Waals surface area (Å²) in [5.41, 5.74) is 0.0102. The van der Waals surface area contributed by atoms with Gasteiger partial charge < -0.3 is 9.73 Å². The topological polar surface area (TPSA) is 114 Å². The molecule has 1 heterocycles. The van der Waals surface area contributed by atoms with Gasteiger partial charge in [0.15, 0.2) is 0 Å². The van der Waals surface area contributed by atoms with Crippen molar-refractivity contribution in [2.75, 3.05) is 24.7 Å². The Morgan fingerprint density at radius 2 is 2.12 bits per heavy atom. The fourth-order valence-corrected chi connectivity index (χ4v) is 3.43. The molecule has 1 aromatic carbocycles. The Hall–Kier alpha value is -2.04. The lowest BCUT2D eigenvalue weighted by Gasteiger charge is -2.08. The van der Waals surface area contributed by atoms with Gasteiger partial charge in [0.2, 0.25) is 10.0 Å². The van der Waals surface area contributed by atoms with Crippen molar-refractivity contribution < 1.29 is 17.8 Å². The van der Waals surface area contributed by atoms with E-state index in [0.29, 0.717) is 12.3 Å². The number of sulfonamides is 1. The van der Waals surface area contributed by atoms with Crippen LogP contribution in [0.5, 0.6) is 0 Å². The summed E-state index contributed by atoms with van der Waals surface area (Å²) in [7, 11) is -2.47. The van der Waals surface area contributed by atoms with Gasteiger partial charge in [-0.1, -0.05) is 0 Å². The predicted molar refractivity (Wildman–Crippen MR) is 92.7 cm³/mol. The van der Waals surface area contributed by atoms with Crippen molar-refractivity contribution in [3.63, 3.8) is 0 Å². The molecule has 1 aromatic heterocycles. The summed E-state index contributed by atoms with van der Waals surface area (Å²) in [6.07, 6.45) is 1.61. The van der Waals surface area contributed by atoms with Gasteiger partial charge in [-0.2, -0.15) is 11.8 Å². The highest BCUT2D eigenvalue weighted by Crippen LogP contribution is 2.27. The minimum atomic E-state index is -3.72. The monoisotopic (exact) mass is 371 g/mol. The Morgan fingerprint density at radius 1 is 1.33 bits per heavy atom. The SMILES string of the molecule is CNS(=O)(=O)c1ccc(NCCSCc2ccco2)c([N+](=O)[O-])c1. The van der Waals surface area contributed by atoms with Gasteiger partial charge in [0.1, 0.15) is 11.4 Å². The van der Waals surface area contributed by atoms with Crippen LogP contribution in [0, 0.1) is 10.1 Å².